The first kappa shape index (κ1) is 20.6. The van der Waals surface area contributed by atoms with Crippen molar-refractivity contribution in [1.29, 1.82) is 0 Å². The SMILES string of the molecule is C.C=C/C=C(/Sc1ccc(C)cc1C)C(=C)N(C)CCNC. The third kappa shape index (κ3) is 6.12. The summed E-state index contributed by atoms with van der Waals surface area (Å²) in [5.41, 5.74) is 3.60. The lowest BCUT2D eigenvalue weighted by Gasteiger charge is -2.23. The smallest absolute Gasteiger partial charge is 0.0432 e. The van der Waals surface area contributed by atoms with Crippen LogP contribution >= 0.6 is 11.8 Å². The van der Waals surface area contributed by atoms with Gasteiger partial charge in [-0.1, -0.05) is 56.1 Å². The van der Waals surface area contributed by atoms with E-state index in [9.17, 15) is 0 Å². The average Bonchev–Trinajstić information content (AvgIpc) is 2.46. The van der Waals surface area contributed by atoms with Crippen molar-refractivity contribution in [3.05, 3.63) is 65.2 Å². The Labute approximate surface area is 141 Å². The number of allylic oxidation sites excluding steroid dienone is 2. The van der Waals surface area contributed by atoms with E-state index in [0.717, 1.165) is 23.7 Å². The molecule has 122 valence electrons. The highest BCUT2D eigenvalue weighted by Crippen LogP contribution is 2.34. The molecule has 1 N–H and O–H groups in total. The van der Waals surface area contributed by atoms with Crippen molar-refractivity contribution in [1.82, 2.24) is 10.2 Å². The van der Waals surface area contributed by atoms with Crippen LogP contribution in [0.3, 0.4) is 0 Å². The molecule has 0 fully saturated rings. The van der Waals surface area contributed by atoms with Crippen LogP contribution in [0.25, 0.3) is 0 Å². The first-order chi connectivity index (χ1) is 9.99. The summed E-state index contributed by atoms with van der Waals surface area (Å²) in [7, 11) is 4.03. The molecule has 0 heterocycles. The summed E-state index contributed by atoms with van der Waals surface area (Å²) in [6.45, 7) is 14.2. The van der Waals surface area contributed by atoms with Gasteiger partial charge in [-0.25, -0.2) is 0 Å². The summed E-state index contributed by atoms with van der Waals surface area (Å²) in [5, 5.41) is 3.16. The van der Waals surface area contributed by atoms with Gasteiger partial charge in [-0.15, -0.1) is 0 Å². The maximum Gasteiger partial charge on any atom is 0.0432 e. The number of thioether (sulfide) groups is 1. The van der Waals surface area contributed by atoms with Crippen molar-refractivity contribution in [2.75, 3.05) is 27.2 Å². The van der Waals surface area contributed by atoms with E-state index in [1.54, 1.807) is 11.8 Å². The maximum atomic E-state index is 4.23. The summed E-state index contributed by atoms with van der Waals surface area (Å²) in [5.74, 6) is 0. The number of likely N-dealkylation sites (N-methyl/N-ethyl adjacent to an activating group) is 2. The lowest BCUT2D eigenvalue weighted by atomic mass is 10.2. The van der Waals surface area contributed by atoms with Gasteiger partial charge >= 0.3 is 0 Å². The van der Waals surface area contributed by atoms with Crippen LogP contribution in [0.4, 0.5) is 0 Å². The highest BCUT2D eigenvalue weighted by molar-refractivity contribution is 8.03. The molecule has 0 atom stereocenters. The Kier molecular flexibility index (Phi) is 9.63. The van der Waals surface area contributed by atoms with E-state index in [1.807, 2.05) is 19.2 Å². The molecule has 1 aromatic carbocycles. The molecule has 0 saturated carbocycles. The fourth-order valence-corrected chi connectivity index (χ4v) is 2.96. The van der Waals surface area contributed by atoms with Crippen LogP contribution < -0.4 is 5.32 Å². The minimum atomic E-state index is 0. The van der Waals surface area contributed by atoms with Crippen LogP contribution in [-0.4, -0.2) is 32.1 Å². The zero-order valence-corrected chi connectivity index (χ0v) is 14.4. The van der Waals surface area contributed by atoms with Gasteiger partial charge in [0.2, 0.25) is 0 Å². The number of nitrogens with zero attached hydrogens (tertiary/aromatic N) is 1. The van der Waals surface area contributed by atoms with E-state index < -0.39 is 0 Å². The molecule has 22 heavy (non-hydrogen) atoms. The molecular weight excluding hydrogens is 288 g/mol. The number of rotatable bonds is 8. The topological polar surface area (TPSA) is 15.3 Å². The van der Waals surface area contributed by atoms with E-state index >= 15 is 0 Å². The van der Waals surface area contributed by atoms with Crippen molar-refractivity contribution < 1.29 is 0 Å². The zero-order chi connectivity index (χ0) is 15.8. The Morgan fingerprint density at radius 1 is 1.36 bits per heavy atom. The molecule has 3 heteroatoms. The molecule has 0 amide bonds. The van der Waals surface area contributed by atoms with Crippen LogP contribution in [0, 0.1) is 13.8 Å². The van der Waals surface area contributed by atoms with Crippen LogP contribution in [0.2, 0.25) is 0 Å². The highest BCUT2D eigenvalue weighted by Gasteiger charge is 2.10. The minimum absolute atomic E-state index is 0. The quantitative estimate of drug-likeness (QED) is 0.549. The fraction of sp³-hybridized carbons (Fsp3) is 0.368. The minimum Gasteiger partial charge on any atom is -0.373 e. The molecule has 0 unspecified atom stereocenters. The zero-order valence-electron chi connectivity index (χ0n) is 13.6. The third-order valence-corrected chi connectivity index (χ3v) is 4.53. The molecule has 1 rings (SSSR count). The standard InChI is InChI=1S/C18H26N2S.CH4/c1-7-8-18(16(4)20(6)12-11-19-5)21-17-10-9-14(2)13-15(17)3;/h7-10,13,19H,1,4,11-12H2,2-3,5-6H3;1H4/b18-8+;. The Morgan fingerprint density at radius 3 is 2.59 bits per heavy atom. The Morgan fingerprint density at radius 2 is 2.05 bits per heavy atom. The molecule has 0 aliphatic heterocycles. The second-order valence-electron chi connectivity index (χ2n) is 5.11. The van der Waals surface area contributed by atoms with Crippen LogP contribution in [0.5, 0.6) is 0 Å². The molecule has 0 spiro atoms. The second-order valence-corrected chi connectivity index (χ2v) is 6.19. The normalized spacial score (nSPS) is 10.8. The van der Waals surface area contributed by atoms with E-state index in [4.69, 9.17) is 0 Å². The lowest BCUT2D eigenvalue weighted by Crippen LogP contribution is -2.26. The van der Waals surface area contributed by atoms with Gasteiger partial charge < -0.3 is 10.2 Å². The third-order valence-electron chi connectivity index (χ3n) is 3.26. The van der Waals surface area contributed by atoms with Crippen LogP contribution in [0.1, 0.15) is 18.6 Å². The maximum absolute atomic E-state index is 4.23. The van der Waals surface area contributed by atoms with Crippen molar-refractivity contribution >= 4 is 11.8 Å². The van der Waals surface area contributed by atoms with Crippen LogP contribution in [-0.2, 0) is 0 Å². The molecule has 0 radical (unpaired) electrons. The number of hydrogen-bond donors (Lipinski definition) is 1. The molecule has 2 nitrogen and oxygen atoms in total. The Hall–Kier alpha value is -1.45. The van der Waals surface area contributed by atoms with Crippen molar-refractivity contribution in [2.45, 2.75) is 26.2 Å². The second kappa shape index (κ2) is 10.3. The molecule has 1 aromatic rings. The van der Waals surface area contributed by atoms with Gasteiger partial charge in [0.25, 0.3) is 0 Å². The number of aryl methyl sites for hydroxylation is 2. The van der Waals surface area contributed by atoms with E-state index in [1.165, 1.54) is 16.0 Å². The van der Waals surface area contributed by atoms with Crippen molar-refractivity contribution in [3.8, 4) is 0 Å². The Bertz CT molecular complexity index is 532. The summed E-state index contributed by atoms with van der Waals surface area (Å²) in [4.78, 5) is 4.56. The number of nitrogens with one attached hydrogen (secondary N) is 1. The van der Waals surface area contributed by atoms with Crippen molar-refractivity contribution in [2.24, 2.45) is 0 Å². The summed E-state index contributed by atoms with van der Waals surface area (Å²) in [6, 6.07) is 6.53. The Balaban J connectivity index is 0.00000441. The lowest BCUT2D eigenvalue weighted by molar-refractivity contribution is 0.427. The molecule has 0 aromatic heterocycles. The monoisotopic (exact) mass is 318 g/mol. The largest absolute Gasteiger partial charge is 0.373 e. The van der Waals surface area contributed by atoms with Gasteiger partial charge in [-0.2, -0.15) is 0 Å². The van der Waals surface area contributed by atoms with Gasteiger partial charge in [-0.05, 0) is 38.6 Å². The molecule has 0 bridgehead atoms. The predicted molar refractivity (Wildman–Crippen MR) is 102 cm³/mol. The molecule has 0 saturated heterocycles. The predicted octanol–water partition coefficient (Wildman–Crippen LogP) is 4.77. The highest BCUT2D eigenvalue weighted by atomic mass is 32.2. The van der Waals surface area contributed by atoms with Gasteiger partial charge in [0.1, 0.15) is 0 Å². The van der Waals surface area contributed by atoms with E-state index in [0.29, 0.717) is 0 Å². The molecule has 0 aliphatic rings. The van der Waals surface area contributed by atoms with Gasteiger partial charge in [0.05, 0.1) is 0 Å². The van der Waals surface area contributed by atoms with Gasteiger partial charge in [0, 0.05) is 35.6 Å². The molecule has 0 aliphatic carbocycles. The van der Waals surface area contributed by atoms with E-state index in [2.05, 4.69) is 62.5 Å². The van der Waals surface area contributed by atoms with Crippen LogP contribution in [0.15, 0.2) is 59.0 Å². The number of benzene rings is 1. The summed E-state index contributed by atoms with van der Waals surface area (Å²) >= 11 is 1.75. The van der Waals surface area contributed by atoms with Gasteiger partial charge in [-0.3, -0.25) is 0 Å². The fourth-order valence-electron chi connectivity index (χ4n) is 1.93. The molecular formula is C19H30N2S. The van der Waals surface area contributed by atoms with E-state index in [-0.39, 0.29) is 7.43 Å². The average molecular weight is 319 g/mol. The first-order valence-corrected chi connectivity index (χ1v) is 7.94. The number of hydrogen-bond acceptors (Lipinski definition) is 3. The summed E-state index contributed by atoms with van der Waals surface area (Å²) in [6.07, 6.45) is 3.85. The van der Waals surface area contributed by atoms with Crippen molar-refractivity contribution in [3.63, 3.8) is 0 Å². The first-order valence-electron chi connectivity index (χ1n) is 7.12. The van der Waals surface area contributed by atoms with Gasteiger partial charge in [0.15, 0.2) is 0 Å². The summed E-state index contributed by atoms with van der Waals surface area (Å²) < 4.78 is 0.